The van der Waals surface area contributed by atoms with Gasteiger partial charge >= 0.3 is 6.03 Å². The maximum atomic E-state index is 11.7. The molecular formula is C15H14N4O3. The van der Waals surface area contributed by atoms with E-state index < -0.39 is 17.8 Å². The fraction of sp³-hybridized carbons (Fsp3) is 0. The number of hydrazine groups is 2. The lowest BCUT2D eigenvalue weighted by Gasteiger charge is -2.10. The Morgan fingerprint density at radius 2 is 0.909 bits per heavy atom. The van der Waals surface area contributed by atoms with E-state index in [-0.39, 0.29) is 0 Å². The summed E-state index contributed by atoms with van der Waals surface area (Å²) in [5.41, 5.74) is 9.47. The predicted octanol–water partition coefficient (Wildman–Crippen LogP) is 0.976. The average molecular weight is 298 g/mol. The molecule has 0 spiro atoms. The second kappa shape index (κ2) is 7.44. The minimum atomic E-state index is -0.770. The van der Waals surface area contributed by atoms with Crippen molar-refractivity contribution in [3.05, 3.63) is 71.8 Å². The number of carbonyl (C=O) groups excluding carboxylic acids is 3. The van der Waals surface area contributed by atoms with Crippen LogP contribution in [0.15, 0.2) is 60.7 Å². The van der Waals surface area contributed by atoms with E-state index >= 15 is 0 Å². The minimum Gasteiger partial charge on any atom is -0.267 e. The molecule has 7 heteroatoms. The van der Waals surface area contributed by atoms with Crippen molar-refractivity contribution in [3.63, 3.8) is 0 Å². The van der Waals surface area contributed by atoms with Gasteiger partial charge in [-0.15, -0.1) is 0 Å². The second-order valence-corrected chi connectivity index (χ2v) is 4.22. The lowest BCUT2D eigenvalue weighted by atomic mass is 10.2. The molecule has 0 fully saturated rings. The quantitative estimate of drug-likeness (QED) is 0.622. The molecule has 0 atom stereocenters. The third kappa shape index (κ3) is 4.34. The van der Waals surface area contributed by atoms with Gasteiger partial charge in [-0.3, -0.25) is 20.4 Å². The second-order valence-electron chi connectivity index (χ2n) is 4.22. The molecule has 2 rings (SSSR count). The first-order valence-electron chi connectivity index (χ1n) is 6.43. The van der Waals surface area contributed by atoms with Crippen LogP contribution in [0, 0.1) is 0 Å². The normalized spacial score (nSPS) is 9.45. The fourth-order valence-electron chi connectivity index (χ4n) is 1.58. The molecule has 0 aliphatic carbocycles. The molecule has 112 valence electrons. The van der Waals surface area contributed by atoms with Gasteiger partial charge in [-0.1, -0.05) is 36.4 Å². The number of hydrogen-bond donors (Lipinski definition) is 4. The molecule has 0 aromatic heterocycles. The van der Waals surface area contributed by atoms with Crippen molar-refractivity contribution >= 4 is 17.8 Å². The summed E-state index contributed by atoms with van der Waals surface area (Å²) < 4.78 is 0. The summed E-state index contributed by atoms with van der Waals surface area (Å²) in [4.78, 5) is 34.8. The van der Waals surface area contributed by atoms with Crippen LogP contribution in [0.3, 0.4) is 0 Å². The number of hydrogen-bond acceptors (Lipinski definition) is 3. The summed E-state index contributed by atoms with van der Waals surface area (Å²) in [6.45, 7) is 0. The zero-order valence-electron chi connectivity index (χ0n) is 11.5. The Morgan fingerprint density at radius 3 is 1.27 bits per heavy atom. The first kappa shape index (κ1) is 15.0. The van der Waals surface area contributed by atoms with Crippen LogP contribution in [0.1, 0.15) is 20.7 Å². The predicted molar refractivity (Wildman–Crippen MR) is 79.5 cm³/mol. The molecule has 0 aliphatic heterocycles. The topological polar surface area (TPSA) is 99.3 Å². The lowest BCUT2D eigenvalue weighted by Crippen LogP contribution is -2.52. The van der Waals surface area contributed by atoms with E-state index in [1.165, 1.54) is 0 Å². The molecule has 4 N–H and O–H groups in total. The highest BCUT2D eigenvalue weighted by atomic mass is 16.2. The number of rotatable bonds is 2. The van der Waals surface area contributed by atoms with Gasteiger partial charge in [0.2, 0.25) is 0 Å². The average Bonchev–Trinajstić information content (AvgIpc) is 2.59. The molecule has 0 saturated carbocycles. The SMILES string of the molecule is O=C(NNC(=O)c1ccccc1)NNC(=O)c1ccccc1. The van der Waals surface area contributed by atoms with Crippen LogP contribution in [-0.2, 0) is 0 Å². The summed E-state index contributed by atoms with van der Waals surface area (Å²) in [5, 5.41) is 0. The Bertz CT molecular complexity index is 602. The number of urea groups is 1. The molecule has 2 aromatic rings. The van der Waals surface area contributed by atoms with Crippen LogP contribution in [0.5, 0.6) is 0 Å². The number of carbonyl (C=O) groups is 3. The summed E-state index contributed by atoms with van der Waals surface area (Å²) in [7, 11) is 0. The van der Waals surface area contributed by atoms with E-state index in [4.69, 9.17) is 0 Å². The largest absolute Gasteiger partial charge is 0.352 e. The number of benzene rings is 2. The summed E-state index contributed by atoms with van der Waals surface area (Å²) in [5.74, 6) is -0.935. The third-order valence-corrected chi connectivity index (χ3v) is 2.65. The van der Waals surface area contributed by atoms with Gasteiger partial charge in [0.25, 0.3) is 11.8 Å². The Kier molecular flexibility index (Phi) is 5.09. The van der Waals surface area contributed by atoms with Gasteiger partial charge in [0.1, 0.15) is 0 Å². The monoisotopic (exact) mass is 298 g/mol. The van der Waals surface area contributed by atoms with Crippen molar-refractivity contribution in [1.29, 1.82) is 0 Å². The smallest absolute Gasteiger partial charge is 0.267 e. The minimum absolute atomic E-state index is 0.399. The van der Waals surface area contributed by atoms with Crippen molar-refractivity contribution in [3.8, 4) is 0 Å². The van der Waals surface area contributed by atoms with Crippen LogP contribution in [0.4, 0.5) is 4.79 Å². The van der Waals surface area contributed by atoms with E-state index in [0.717, 1.165) is 0 Å². The van der Waals surface area contributed by atoms with Crippen molar-refractivity contribution in [2.45, 2.75) is 0 Å². The van der Waals surface area contributed by atoms with Crippen LogP contribution in [0.25, 0.3) is 0 Å². The first-order chi connectivity index (χ1) is 10.7. The standard InChI is InChI=1S/C15H14N4O3/c20-13(11-7-3-1-4-8-11)16-18-15(22)19-17-14(21)12-9-5-2-6-10-12/h1-10H,(H,16,20)(H,17,21)(H2,18,19,22). The molecule has 4 amide bonds. The van der Waals surface area contributed by atoms with Crippen LogP contribution < -0.4 is 21.7 Å². The molecule has 2 aromatic carbocycles. The number of nitrogens with one attached hydrogen (secondary N) is 4. The molecule has 0 radical (unpaired) electrons. The maximum Gasteiger partial charge on any atom is 0.352 e. The summed E-state index contributed by atoms with van der Waals surface area (Å²) in [6, 6.07) is 16.0. The fourth-order valence-corrected chi connectivity index (χ4v) is 1.58. The van der Waals surface area contributed by atoms with Crippen LogP contribution in [-0.4, -0.2) is 17.8 Å². The zero-order valence-corrected chi connectivity index (χ0v) is 11.5. The van der Waals surface area contributed by atoms with Crippen molar-refractivity contribution < 1.29 is 14.4 Å². The van der Waals surface area contributed by atoms with Crippen molar-refractivity contribution in [2.75, 3.05) is 0 Å². The highest BCUT2D eigenvalue weighted by Crippen LogP contribution is 1.97. The molecule has 7 nitrogen and oxygen atoms in total. The van der Waals surface area contributed by atoms with Crippen molar-refractivity contribution in [1.82, 2.24) is 21.7 Å². The molecule has 22 heavy (non-hydrogen) atoms. The van der Waals surface area contributed by atoms with E-state index in [1.807, 2.05) is 0 Å². The Morgan fingerprint density at radius 1 is 0.545 bits per heavy atom. The third-order valence-electron chi connectivity index (χ3n) is 2.65. The summed E-state index contributed by atoms with van der Waals surface area (Å²) in [6.07, 6.45) is 0. The first-order valence-corrected chi connectivity index (χ1v) is 6.43. The van der Waals surface area contributed by atoms with Gasteiger partial charge in [0.15, 0.2) is 0 Å². The van der Waals surface area contributed by atoms with Gasteiger partial charge in [-0.05, 0) is 24.3 Å². The Labute approximate surface area is 126 Å². The maximum absolute atomic E-state index is 11.7. The molecule has 0 aliphatic rings. The molecule has 0 unspecified atom stereocenters. The van der Waals surface area contributed by atoms with E-state index in [2.05, 4.69) is 21.7 Å². The zero-order chi connectivity index (χ0) is 15.8. The van der Waals surface area contributed by atoms with E-state index in [9.17, 15) is 14.4 Å². The van der Waals surface area contributed by atoms with Gasteiger partial charge in [-0.2, -0.15) is 0 Å². The van der Waals surface area contributed by atoms with Gasteiger partial charge in [0, 0.05) is 11.1 Å². The van der Waals surface area contributed by atoms with Crippen LogP contribution in [0.2, 0.25) is 0 Å². The van der Waals surface area contributed by atoms with E-state index in [0.29, 0.717) is 11.1 Å². The van der Waals surface area contributed by atoms with Gasteiger partial charge in [-0.25, -0.2) is 15.6 Å². The molecule has 0 heterocycles. The molecule has 0 bridgehead atoms. The molecular weight excluding hydrogens is 284 g/mol. The number of amides is 4. The summed E-state index contributed by atoms with van der Waals surface area (Å²) >= 11 is 0. The Hall–Kier alpha value is -3.35. The van der Waals surface area contributed by atoms with Gasteiger partial charge < -0.3 is 0 Å². The van der Waals surface area contributed by atoms with Gasteiger partial charge in [0.05, 0.1) is 0 Å². The molecule has 0 saturated heterocycles. The highest BCUT2D eigenvalue weighted by Gasteiger charge is 2.08. The van der Waals surface area contributed by atoms with Crippen molar-refractivity contribution in [2.24, 2.45) is 0 Å². The van der Waals surface area contributed by atoms with Crippen LogP contribution >= 0.6 is 0 Å². The van der Waals surface area contributed by atoms with E-state index in [1.54, 1.807) is 60.7 Å². The highest BCUT2D eigenvalue weighted by molar-refractivity contribution is 5.96. The lowest BCUT2D eigenvalue weighted by molar-refractivity contribution is 0.0929. The Balaban J connectivity index is 1.74.